The molecule has 1 aliphatic carbocycles. The molecule has 2 heterocycles. The van der Waals surface area contributed by atoms with Crippen LogP contribution in [-0.4, -0.2) is 55.2 Å². The fourth-order valence-corrected chi connectivity index (χ4v) is 4.11. The van der Waals surface area contributed by atoms with E-state index in [2.05, 4.69) is 0 Å². The molecule has 0 aromatic carbocycles. The Morgan fingerprint density at radius 1 is 0.625 bits per heavy atom. The number of hydrogen-bond donors (Lipinski definition) is 0. The largest absolute Gasteiger partial charge is 0.275 e. The lowest BCUT2D eigenvalue weighted by Crippen LogP contribution is -2.55. The quantitative estimate of drug-likeness (QED) is 0.542. The van der Waals surface area contributed by atoms with Gasteiger partial charge >= 0.3 is 0 Å². The van der Waals surface area contributed by atoms with Crippen LogP contribution < -0.4 is 0 Å². The van der Waals surface area contributed by atoms with Crippen LogP contribution in [-0.2, 0) is 19.2 Å². The van der Waals surface area contributed by atoms with Crippen LogP contribution in [0.1, 0.15) is 51.4 Å². The van der Waals surface area contributed by atoms with Gasteiger partial charge in [0, 0.05) is 24.9 Å². The van der Waals surface area contributed by atoms with Gasteiger partial charge in [-0.05, 0) is 38.5 Å². The third-order valence-corrected chi connectivity index (χ3v) is 5.74. The molecule has 0 bridgehead atoms. The minimum Gasteiger partial charge on any atom is -0.275 e. The Kier molecular flexibility index (Phi) is 4.87. The second-order valence-corrected chi connectivity index (χ2v) is 7.43. The van der Waals surface area contributed by atoms with Crippen molar-refractivity contribution in [2.75, 3.05) is 0 Å². The van der Waals surface area contributed by atoms with Gasteiger partial charge in [-0.2, -0.15) is 0 Å². The number of carbonyl (C=O) groups is 4. The second-order valence-electron chi connectivity index (χ2n) is 6.45. The highest BCUT2D eigenvalue weighted by Gasteiger charge is 2.41. The fourth-order valence-electron chi connectivity index (χ4n) is 3.70. The van der Waals surface area contributed by atoms with Crippen molar-refractivity contribution in [3.63, 3.8) is 0 Å². The summed E-state index contributed by atoms with van der Waals surface area (Å²) in [5.74, 6) is -1.06. The van der Waals surface area contributed by atoms with E-state index in [0.29, 0.717) is 48.3 Å². The SMILES string of the molecule is O=C1CCC(=S)C(=O)N1C1CCC(N2C(=O)CCC(=S)C2=O)CC1. The van der Waals surface area contributed by atoms with E-state index < -0.39 is 0 Å². The molecule has 0 radical (unpaired) electrons. The molecule has 8 heteroatoms. The van der Waals surface area contributed by atoms with Crippen LogP contribution in [0.25, 0.3) is 0 Å². The predicted octanol–water partition coefficient (Wildman–Crippen LogP) is 1.34. The van der Waals surface area contributed by atoms with Gasteiger partial charge in [0.25, 0.3) is 11.8 Å². The molecule has 2 saturated heterocycles. The molecule has 4 amide bonds. The first-order chi connectivity index (χ1) is 11.4. The van der Waals surface area contributed by atoms with Crippen LogP contribution in [0.2, 0.25) is 0 Å². The standard InChI is InChI=1S/C16H18N2O4S2/c19-13-7-5-11(23)15(21)17(13)9-1-2-10(4-3-9)18-14(20)8-6-12(24)16(18)22/h9-10H,1-8H2. The third-order valence-electron chi connectivity index (χ3n) is 4.98. The topological polar surface area (TPSA) is 74.8 Å². The first-order valence-corrected chi connectivity index (χ1v) is 9.00. The van der Waals surface area contributed by atoms with Gasteiger partial charge in [0.2, 0.25) is 11.8 Å². The summed E-state index contributed by atoms with van der Waals surface area (Å²) >= 11 is 10.1. The highest BCUT2D eigenvalue weighted by molar-refractivity contribution is 7.82. The van der Waals surface area contributed by atoms with Crippen LogP contribution >= 0.6 is 24.4 Å². The Morgan fingerprint density at radius 2 is 0.958 bits per heavy atom. The molecule has 24 heavy (non-hydrogen) atoms. The summed E-state index contributed by atoms with van der Waals surface area (Å²) in [5.41, 5.74) is 0. The van der Waals surface area contributed by atoms with Gasteiger partial charge in [-0.3, -0.25) is 29.0 Å². The van der Waals surface area contributed by atoms with Crippen LogP contribution in [0.15, 0.2) is 0 Å². The Balaban J connectivity index is 1.67. The lowest BCUT2D eigenvalue weighted by Gasteiger charge is -2.41. The molecule has 0 aromatic rings. The maximum Gasteiger partial charge on any atom is 0.267 e. The van der Waals surface area contributed by atoms with Crippen molar-refractivity contribution in [1.82, 2.24) is 9.80 Å². The van der Waals surface area contributed by atoms with Crippen LogP contribution in [0.4, 0.5) is 0 Å². The molecular formula is C16H18N2O4S2. The van der Waals surface area contributed by atoms with Crippen molar-refractivity contribution >= 4 is 57.8 Å². The number of imide groups is 2. The summed E-state index contributed by atoms with van der Waals surface area (Å²) in [6.45, 7) is 0. The zero-order valence-corrected chi connectivity index (χ0v) is 14.8. The summed E-state index contributed by atoms with van der Waals surface area (Å²) in [7, 11) is 0. The van der Waals surface area contributed by atoms with E-state index in [1.807, 2.05) is 0 Å². The number of rotatable bonds is 2. The molecule has 0 aromatic heterocycles. The van der Waals surface area contributed by atoms with Gasteiger partial charge in [0.1, 0.15) is 0 Å². The van der Waals surface area contributed by atoms with Crippen molar-refractivity contribution in [3.8, 4) is 0 Å². The van der Waals surface area contributed by atoms with Gasteiger partial charge in [-0.25, -0.2) is 0 Å². The third kappa shape index (κ3) is 3.04. The number of thiocarbonyl (C=S) groups is 2. The van der Waals surface area contributed by atoms with Gasteiger partial charge in [0.15, 0.2) is 0 Å². The summed E-state index contributed by atoms with van der Waals surface area (Å²) < 4.78 is 0. The average molecular weight is 366 g/mol. The number of carbonyl (C=O) groups excluding carboxylic acids is 4. The van der Waals surface area contributed by atoms with E-state index in [9.17, 15) is 19.2 Å². The zero-order valence-electron chi connectivity index (χ0n) is 13.2. The molecule has 6 nitrogen and oxygen atoms in total. The van der Waals surface area contributed by atoms with Gasteiger partial charge in [0.05, 0.1) is 9.73 Å². The number of piperidine rings is 2. The predicted molar refractivity (Wildman–Crippen MR) is 93.4 cm³/mol. The number of hydrogen-bond acceptors (Lipinski definition) is 6. The Bertz CT molecular complexity index is 596. The molecule has 0 spiro atoms. The maximum atomic E-state index is 12.2. The fraction of sp³-hybridized carbons (Fsp3) is 0.625. The second kappa shape index (κ2) is 6.76. The maximum absolute atomic E-state index is 12.2. The molecule has 0 unspecified atom stereocenters. The number of amides is 4. The zero-order chi connectivity index (χ0) is 17.4. The van der Waals surface area contributed by atoms with Gasteiger partial charge < -0.3 is 0 Å². The molecule has 2 aliphatic heterocycles. The van der Waals surface area contributed by atoms with Crippen molar-refractivity contribution in [2.45, 2.75) is 63.5 Å². The van der Waals surface area contributed by atoms with E-state index in [-0.39, 0.29) is 48.6 Å². The molecule has 128 valence electrons. The smallest absolute Gasteiger partial charge is 0.267 e. The normalized spacial score (nSPS) is 29.5. The lowest BCUT2D eigenvalue weighted by molar-refractivity contribution is -0.150. The molecule has 3 fully saturated rings. The summed E-state index contributed by atoms with van der Waals surface area (Å²) in [6.07, 6.45) is 3.58. The minimum atomic E-state index is -0.351. The summed E-state index contributed by atoms with van der Waals surface area (Å²) in [4.78, 5) is 51.8. The van der Waals surface area contributed by atoms with Crippen LogP contribution in [0, 0.1) is 0 Å². The number of likely N-dealkylation sites (tertiary alicyclic amines) is 2. The van der Waals surface area contributed by atoms with Crippen molar-refractivity contribution in [3.05, 3.63) is 0 Å². The highest BCUT2D eigenvalue weighted by Crippen LogP contribution is 2.30. The summed E-state index contributed by atoms with van der Waals surface area (Å²) in [5, 5.41) is 0. The molecule has 3 aliphatic rings. The molecule has 0 atom stereocenters. The molecular weight excluding hydrogens is 348 g/mol. The summed E-state index contributed by atoms with van der Waals surface area (Å²) in [6, 6.07) is -0.386. The van der Waals surface area contributed by atoms with E-state index in [4.69, 9.17) is 24.4 Å². The van der Waals surface area contributed by atoms with E-state index in [1.54, 1.807) is 0 Å². The minimum absolute atomic E-state index is 0.177. The van der Waals surface area contributed by atoms with Crippen LogP contribution in [0.5, 0.6) is 0 Å². The first-order valence-electron chi connectivity index (χ1n) is 8.18. The molecule has 1 saturated carbocycles. The van der Waals surface area contributed by atoms with Crippen LogP contribution in [0.3, 0.4) is 0 Å². The van der Waals surface area contributed by atoms with E-state index in [1.165, 1.54) is 9.80 Å². The van der Waals surface area contributed by atoms with Gasteiger partial charge in [-0.15, -0.1) is 0 Å². The Morgan fingerprint density at radius 3 is 1.29 bits per heavy atom. The molecule has 3 rings (SSSR count). The Hall–Kier alpha value is -1.54. The monoisotopic (exact) mass is 366 g/mol. The van der Waals surface area contributed by atoms with Crippen molar-refractivity contribution < 1.29 is 19.2 Å². The highest BCUT2D eigenvalue weighted by atomic mass is 32.1. The van der Waals surface area contributed by atoms with Gasteiger partial charge in [-0.1, -0.05) is 24.4 Å². The number of nitrogens with zero attached hydrogens (tertiary/aromatic N) is 2. The van der Waals surface area contributed by atoms with E-state index >= 15 is 0 Å². The average Bonchev–Trinajstić information content (AvgIpc) is 2.57. The Labute approximate surface area is 150 Å². The van der Waals surface area contributed by atoms with Crippen molar-refractivity contribution in [1.29, 1.82) is 0 Å². The molecule has 0 N–H and O–H groups in total. The van der Waals surface area contributed by atoms with Crippen molar-refractivity contribution in [2.24, 2.45) is 0 Å². The first kappa shape index (κ1) is 17.3. The lowest BCUT2D eigenvalue weighted by atomic mass is 9.87. The van der Waals surface area contributed by atoms with E-state index in [0.717, 1.165) is 0 Å².